The maximum Gasteiger partial charge on any atom is 0.316 e. The van der Waals surface area contributed by atoms with Crippen molar-refractivity contribution in [2.45, 2.75) is 20.8 Å². The summed E-state index contributed by atoms with van der Waals surface area (Å²) in [6, 6.07) is 0. The zero-order chi connectivity index (χ0) is 5.70. The normalized spacial score (nSPS) is 8.00. The van der Waals surface area contributed by atoms with E-state index in [0.29, 0.717) is 0 Å². The van der Waals surface area contributed by atoms with Crippen molar-refractivity contribution in [2.24, 2.45) is 0 Å². The Morgan fingerprint density at radius 1 is 0.889 bits per heavy atom. The molecule has 2 nitrogen and oxygen atoms in total. The Hall–Kier alpha value is 0.686. The van der Waals surface area contributed by atoms with Crippen molar-refractivity contribution in [3.05, 3.63) is 0 Å². The second-order valence-electron chi connectivity index (χ2n) is 1.62. The van der Waals surface area contributed by atoms with Gasteiger partial charge in [0.05, 0.1) is 0 Å². The molecule has 9 heavy (non-hydrogen) atoms. The van der Waals surface area contributed by atoms with Crippen molar-refractivity contribution in [2.75, 3.05) is 19.6 Å². The summed E-state index contributed by atoms with van der Waals surface area (Å²) in [6.45, 7) is 10.1. The molecule has 0 atom stereocenters. The number of rotatable bonds is 3. The fourth-order valence-corrected chi connectivity index (χ4v) is 0.671. The van der Waals surface area contributed by atoms with Crippen molar-refractivity contribution < 1.29 is 5.48 Å². The lowest BCUT2D eigenvalue weighted by Gasteiger charge is -2.13. The first-order valence-corrected chi connectivity index (χ1v) is 3.07. The van der Waals surface area contributed by atoms with Crippen LogP contribution in [0.4, 0.5) is 0 Å². The Bertz CT molecular complexity index is 34.5. The Morgan fingerprint density at radius 3 is 1.11 bits per heavy atom. The lowest BCUT2D eigenvalue weighted by molar-refractivity contribution is 0.321. The first kappa shape index (κ1) is 16.3. The lowest BCUT2D eigenvalue weighted by atomic mass is 10.5. The van der Waals surface area contributed by atoms with Crippen LogP contribution in [0.15, 0.2) is 0 Å². The van der Waals surface area contributed by atoms with Crippen LogP contribution < -0.4 is 0 Å². The van der Waals surface area contributed by atoms with Crippen LogP contribution in [0.2, 0.25) is 0 Å². The zero-order valence-electron chi connectivity index (χ0n) is 6.07. The van der Waals surface area contributed by atoms with Crippen LogP contribution in [0, 0.1) is 0 Å². The van der Waals surface area contributed by atoms with Gasteiger partial charge < -0.3 is 10.4 Å². The molecule has 56 valence electrons. The highest BCUT2D eigenvalue weighted by Crippen LogP contribution is 1.81. The van der Waals surface area contributed by atoms with Gasteiger partial charge in [-0.15, -0.1) is 0 Å². The quantitative estimate of drug-likeness (QED) is 0.498. The van der Waals surface area contributed by atoms with Crippen molar-refractivity contribution >= 4 is 23.1 Å². The fraction of sp³-hybridized carbons (Fsp3) is 1.00. The van der Waals surface area contributed by atoms with Crippen molar-refractivity contribution in [1.29, 1.82) is 0 Å². The molecule has 0 aliphatic rings. The van der Waals surface area contributed by atoms with Crippen molar-refractivity contribution in [3.63, 3.8) is 0 Å². The molecule has 0 aliphatic heterocycles. The third-order valence-corrected chi connectivity index (χ3v) is 1.34. The molecule has 0 saturated carbocycles. The van der Waals surface area contributed by atoms with E-state index >= 15 is 0 Å². The van der Waals surface area contributed by atoms with Gasteiger partial charge in [-0.25, -0.2) is 0 Å². The van der Waals surface area contributed by atoms with Crippen LogP contribution in [0.5, 0.6) is 0 Å². The molecule has 0 amide bonds. The summed E-state index contributed by atoms with van der Waals surface area (Å²) in [5.41, 5.74) is 0. The molecule has 0 radical (unpaired) electrons. The molecule has 0 aromatic heterocycles. The largest absolute Gasteiger partial charge is 0.412 e. The maximum absolute atomic E-state index is 2.38. The Labute approximate surface area is 74.1 Å². The summed E-state index contributed by atoms with van der Waals surface area (Å²) in [7, 11) is 0. The van der Waals surface area contributed by atoms with Crippen LogP contribution in [0.3, 0.4) is 0 Å². The van der Waals surface area contributed by atoms with E-state index in [-0.39, 0.29) is 28.5 Å². The van der Waals surface area contributed by atoms with E-state index in [0.717, 1.165) is 0 Å². The maximum atomic E-state index is 2.38. The molecule has 0 spiro atoms. The molecular formula is C6H19MgNO. The van der Waals surface area contributed by atoms with Crippen molar-refractivity contribution in [1.82, 2.24) is 4.90 Å². The standard InChI is InChI=1S/C6H15N.Mg.H2O.2H/c1-4-7(5-2)6-3;;;;/h4-6H2,1-3H3;;1H2;;. The van der Waals surface area contributed by atoms with Gasteiger partial charge in [0.25, 0.3) is 0 Å². The Balaban J connectivity index is -0.000000180. The van der Waals surface area contributed by atoms with Gasteiger partial charge in [-0.3, -0.25) is 0 Å². The van der Waals surface area contributed by atoms with E-state index in [1.165, 1.54) is 19.6 Å². The van der Waals surface area contributed by atoms with Gasteiger partial charge in [0.15, 0.2) is 0 Å². The summed E-state index contributed by atoms with van der Waals surface area (Å²) < 4.78 is 0. The highest BCUT2D eigenvalue weighted by Gasteiger charge is 1.89. The molecule has 0 rings (SSSR count). The minimum absolute atomic E-state index is 0. The molecule has 0 saturated heterocycles. The summed E-state index contributed by atoms with van der Waals surface area (Å²) in [5.74, 6) is 0. The van der Waals surface area contributed by atoms with Gasteiger partial charge in [-0.1, -0.05) is 20.8 Å². The molecule has 2 N–H and O–H groups in total. The molecule has 0 unspecified atom stereocenters. The van der Waals surface area contributed by atoms with Gasteiger partial charge in [0, 0.05) is 0 Å². The van der Waals surface area contributed by atoms with Gasteiger partial charge in [0.1, 0.15) is 0 Å². The highest BCUT2D eigenvalue weighted by atomic mass is 24.3. The van der Waals surface area contributed by atoms with E-state index in [4.69, 9.17) is 0 Å². The fourth-order valence-electron chi connectivity index (χ4n) is 0.671. The smallest absolute Gasteiger partial charge is 0.316 e. The molecule has 0 bridgehead atoms. The molecular weight excluding hydrogens is 126 g/mol. The highest BCUT2D eigenvalue weighted by molar-refractivity contribution is 5.75. The van der Waals surface area contributed by atoms with E-state index in [1.54, 1.807) is 0 Å². The average Bonchev–Trinajstić information content (AvgIpc) is 1.72. The summed E-state index contributed by atoms with van der Waals surface area (Å²) in [4.78, 5) is 2.38. The monoisotopic (exact) mass is 145 g/mol. The molecule has 3 heteroatoms. The first-order chi connectivity index (χ1) is 3.35. The predicted molar refractivity (Wildman–Crippen MR) is 45.6 cm³/mol. The van der Waals surface area contributed by atoms with Crippen molar-refractivity contribution in [3.8, 4) is 0 Å². The topological polar surface area (TPSA) is 34.7 Å². The van der Waals surface area contributed by atoms with Crippen LogP contribution in [-0.2, 0) is 0 Å². The van der Waals surface area contributed by atoms with Crippen LogP contribution >= 0.6 is 0 Å². The van der Waals surface area contributed by atoms with Crippen LogP contribution in [0.1, 0.15) is 20.8 Å². The summed E-state index contributed by atoms with van der Waals surface area (Å²) in [5, 5.41) is 0. The van der Waals surface area contributed by atoms with E-state index in [1.807, 2.05) is 0 Å². The average molecular weight is 146 g/mol. The number of hydrogen-bond acceptors (Lipinski definition) is 1. The van der Waals surface area contributed by atoms with E-state index in [9.17, 15) is 0 Å². The molecule has 0 aromatic carbocycles. The third-order valence-electron chi connectivity index (χ3n) is 1.34. The molecule has 0 aromatic rings. The second-order valence-corrected chi connectivity index (χ2v) is 1.62. The minimum atomic E-state index is 0. The SMILES string of the molecule is CCN(CC)CC.O.[MgH2]. The number of nitrogens with zero attached hydrogens (tertiary/aromatic N) is 1. The van der Waals surface area contributed by atoms with E-state index in [2.05, 4.69) is 25.7 Å². The van der Waals surface area contributed by atoms with E-state index < -0.39 is 0 Å². The van der Waals surface area contributed by atoms with Crippen LogP contribution in [0.25, 0.3) is 0 Å². The van der Waals surface area contributed by atoms with Gasteiger partial charge in [0.2, 0.25) is 0 Å². The number of hydrogen-bond donors (Lipinski definition) is 0. The summed E-state index contributed by atoms with van der Waals surface area (Å²) >= 11 is 0. The van der Waals surface area contributed by atoms with Crippen LogP contribution in [-0.4, -0.2) is 53.1 Å². The predicted octanol–water partition coefficient (Wildman–Crippen LogP) is -0.393. The Kier molecular flexibility index (Phi) is 20.9. The van der Waals surface area contributed by atoms with Gasteiger partial charge in [-0.05, 0) is 19.6 Å². The second kappa shape index (κ2) is 11.5. The van der Waals surface area contributed by atoms with Gasteiger partial charge in [-0.2, -0.15) is 0 Å². The zero-order valence-corrected chi connectivity index (χ0v) is 6.07. The van der Waals surface area contributed by atoms with Gasteiger partial charge >= 0.3 is 23.1 Å². The first-order valence-electron chi connectivity index (χ1n) is 3.07. The molecule has 0 aliphatic carbocycles. The Morgan fingerprint density at radius 2 is 1.11 bits per heavy atom. The minimum Gasteiger partial charge on any atom is -0.412 e. The molecule has 0 heterocycles. The lowest BCUT2D eigenvalue weighted by Crippen LogP contribution is -2.21. The molecule has 0 fully saturated rings. The summed E-state index contributed by atoms with van der Waals surface area (Å²) in [6.07, 6.45) is 0. The third kappa shape index (κ3) is 8.69.